The highest BCUT2D eigenvalue weighted by Gasteiger charge is 2.40. The van der Waals surface area contributed by atoms with Crippen molar-refractivity contribution in [3.05, 3.63) is 56.8 Å². The van der Waals surface area contributed by atoms with Crippen LogP contribution in [0.3, 0.4) is 0 Å². The summed E-state index contributed by atoms with van der Waals surface area (Å²) in [5.74, 6) is -0.889. The van der Waals surface area contributed by atoms with Crippen molar-refractivity contribution in [1.82, 2.24) is 0 Å². The summed E-state index contributed by atoms with van der Waals surface area (Å²) in [5.41, 5.74) is -0.0674. The Labute approximate surface area is 178 Å². The Bertz CT molecular complexity index is 1010. The SMILES string of the molecule is COC(=O)CC1COc2cc(O[C@@H]3CCc4c(Br)cc(C(F)(F)F)c(F)c43)ccc21. The van der Waals surface area contributed by atoms with Gasteiger partial charge in [-0.1, -0.05) is 22.0 Å². The molecule has 0 saturated heterocycles. The summed E-state index contributed by atoms with van der Waals surface area (Å²) in [6.07, 6.45) is -4.71. The van der Waals surface area contributed by atoms with Crippen molar-refractivity contribution in [2.45, 2.75) is 37.5 Å². The standard InChI is InChI=1S/C21H17BrF4O4/c1-28-18(27)6-10-9-29-17-7-11(2-3-12(10)17)30-16-5-4-13-15(22)8-14(21(24,25)26)20(23)19(13)16/h2-3,7-8,10,16H,4-6,9H2,1H3/t10?,16-/m1/s1. The minimum atomic E-state index is -4.80. The number of esters is 1. The lowest BCUT2D eigenvalue weighted by Crippen LogP contribution is -2.13. The van der Waals surface area contributed by atoms with Crippen LogP contribution < -0.4 is 9.47 Å². The molecular weight excluding hydrogens is 472 g/mol. The van der Waals surface area contributed by atoms with Gasteiger partial charge in [0, 0.05) is 27.6 Å². The second kappa shape index (κ2) is 7.76. The molecule has 2 aliphatic rings. The van der Waals surface area contributed by atoms with Gasteiger partial charge in [0.1, 0.15) is 23.4 Å². The van der Waals surface area contributed by atoms with Crippen LogP contribution in [0.25, 0.3) is 0 Å². The zero-order valence-corrected chi connectivity index (χ0v) is 17.4. The molecule has 0 fully saturated rings. The molecule has 2 aromatic rings. The normalized spacial score (nSPS) is 19.8. The lowest BCUT2D eigenvalue weighted by Gasteiger charge is -2.19. The number of methoxy groups -OCH3 is 1. The molecule has 4 rings (SSSR count). The summed E-state index contributed by atoms with van der Waals surface area (Å²) >= 11 is 3.13. The van der Waals surface area contributed by atoms with E-state index in [1.54, 1.807) is 18.2 Å². The van der Waals surface area contributed by atoms with Crippen LogP contribution in [0.1, 0.15) is 47.1 Å². The van der Waals surface area contributed by atoms with Crippen LogP contribution in [0.15, 0.2) is 28.7 Å². The minimum absolute atomic E-state index is 0.0679. The predicted octanol–water partition coefficient (Wildman–Crippen LogP) is 5.71. The largest absolute Gasteiger partial charge is 0.492 e. The van der Waals surface area contributed by atoms with Gasteiger partial charge in [-0.15, -0.1) is 0 Å². The molecule has 1 aliphatic heterocycles. The van der Waals surface area contributed by atoms with Gasteiger partial charge in [0.2, 0.25) is 0 Å². The molecule has 0 radical (unpaired) electrons. The third-order valence-electron chi connectivity index (χ3n) is 5.43. The Hall–Kier alpha value is -2.29. The fourth-order valence-electron chi connectivity index (χ4n) is 3.97. The Morgan fingerprint density at radius 2 is 2.07 bits per heavy atom. The Kier molecular flexibility index (Phi) is 5.42. The second-order valence-electron chi connectivity index (χ2n) is 7.24. The van der Waals surface area contributed by atoms with Gasteiger partial charge in [0.05, 0.1) is 25.7 Å². The van der Waals surface area contributed by atoms with E-state index in [1.165, 1.54) is 7.11 Å². The fraction of sp³-hybridized carbons (Fsp3) is 0.381. The average molecular weight is 489 g/mol. The van der Waals surface area contributed by atoms with E-state index < -0.39 is 23.7 Å². The summed E-state index contributed by atoms with van der Waals surface area (Å²) in [5, 5.41) is 0. The minimum Gasteiger partial charge on any atom is -0.492 e. The van der Waals surface area contributed by atoms with E-state index in [9.17, 15) is 22.4 Å². The molecule has 1 unspecified atom stereocenters. The number of carbonyl (C=O) groups excluding carboxylic acids is 1. The van der Waals surface area contributed by atoms with E-state index in [0.29, 0.717) is 36.5 Å². The quantitative estimate of drug-likeness (QED) is 0.408. The molecular formula is C21H17BrF4O4. The molecule has 0 spiro atoms. The van der Waals surface area contributed by atoms with Crippen molar-refractivity contribution in [2.24, 2.45) is 0 Å². The van der Waals surface area contributed by atoms with Gasteiger partial charge in [-0.2, -0.15) is 13.2 Å². The van der Waals surface area contributed by atoms with E-state index in [-0.39, 0.29) is 28.3 Å². The number of hydrogen-bond acceptors (Lipinski definition) is 4. The summed E-state index contributed by atoms with van der Waals surface area (Å²) < 4.78 is 70.7. The Balaban J connectivity index is 1.60. The van der Waals surface area contributed by atoms with E-state index in [2.05, 4.69) is 20.7 Å². The smallest absolute Gasteiger partial charge is 0.419 e. The first-order valence-corrected chi connectivity index (χ1v) is 10.1. The van der Waals surface area contributed by atoms with Gasteiger partial charge in [-0.05, 0) is 30.5 Å². The monoisotopic (exact) mass is 488 g/mol. The summed E-state index contributed by atoms with van der Waals surface area (Å²) in [6, 6.07) is 5.79. The van der Waals surface area contributed by atoms with Gasteiger partial charge in [0.15, 0.2) is 0 Å². The predicted molar refractivity (Wildman–Crippen MR) is 102 cm³/mol. The van der Waals surface area contributed by atoms with Gasteiger partial charge < -0.3 is 14.2 Å². The summed E-state index contributed by atoms with van der Waals surface area (Å²) in [4.78, 5) is 11.5. The van der Waals surface area contributed by atoms with Crippen LogP contribution in [0.2, 0.25) is 0 Å². The number of benzene rings is 2. The van der Waals surface area contributed by atoms with Crippen molar-refractivity contribution in [3.63, 3.8) is 0 Å². The number of rotatable bonds is 4. The number of fused-ring (bicyclic) bond motifs is 2. The molecule has 0 aromatic heterocycles. The van der Waals surface area contributed by atoms with Crippen LogP contribution in [-0.4, -0.2) is 19.7 Å². The maximum absolute atomic E-state index is 14.7. The van der Waals surface area contributed by atoms with Crippen LogP contribution in [-0.2, 0) is 22.1 Å². The lowest BCUT2D eigenvalue weighted by atomic mass is 9.98. The molecule has 0 bridgehead atoms. The van der Waals surface area contributed by atoms with Crippen molar-refractivity contribution < 1.29 is 36.6 Å². The van der Waals surface area contributed by atoms with Crippen LogP contribution in [0, 0.1) is 5.82 Å². The Morgan fingerprint density at radius 3 is 2.77 bits per heavy atom. The van der Waals surface area contributed by atoms with E-state index >= 15 is 0 Å². The molecule has 2 atom stereocenters. The fourth-order valence-corrected chi connectivity index (χ4v) is 4.61. The average Bonchev–Trinajstić information content (AvgIpc) is 3.28. The second-order valence-corrected chi connectivity index (χ2v) is 8.10. The third-order valence-corrected chi connectivity index (χ3v) is 6.13. The number of alkyl halides is 3. The maximum Gasteiger partial charge on any atom is 0.419 e. The summed E-state index contributed by atoms with van der Waals surface area (Å²) in [7, 11) is 1.32. The first kappa shape index (κ1) is 21.0. The van der Waals surface area contributed by atoms with Gasteiger partial charge >= 0.3 is 12.1 Å². The molecule has 1 heterocycles. The van der Waals surface area contributed by atoms with Gasteiger partial charge in [-0.25, -0.2) is 4.39 Å². The first-order chi connectivity index (χ1) is 14.2. The zero-order valence-electron chi connectivity index (χ0n) is 15.8. The molecule has 9 heteroatoms. The molecule has 0 saturated carbocycles. The number of halogens is 5. The highest BCUT2D eigenvalue weighted by molar-refractivity contribution is 9.10. The van der Waals surface area contributed by atoms with E-state index in [1.807, 2.05) is 0 Å². The summed E-state index contributed by atoms with van der Waals surface area (Å²) in [6.45, 7) is 0.316. The highest BCUT2D eigenvalue weighted by Crippen LogP contribution is 2.46. The molecule has 0 amide bonds. The van der Waals surface area contributed by atoms with Crippen molar-refractivity contribution in [1.29, 1.82) is 0 Å². The van der Waals surface area contributed by atoms with Crippen molar-refractivity contribution in [2.75, 3.05) is 13.7 Å². The topological polar surface area (TPSA) is 44.8 Å². The van der Waals surface area contributed by atoms with E-state index in [0.717, 1.165) is 11.6 Å². The zero-order chi connectivity index (χ0) is 21.6. The van der Waals surface area contributed by atoms with Gasteiger partial charge in [0.25, 0.3) is 0 Å². The number of ether oxygens (including phenoxy) is 3. The van der Waals surface area contributed by atoms with Gasteiger partial charge in [-0.3, -0.25) is 4.79 Å². The van der Waals surface area contributed by atoms with Crippen LogP contribution in [0.4, 0.5) is 17.6 Å². The molecule has 30 heavy (non-hydrogen) atoms. The Morgan fingerprint density at radius 1 is 1.30 bits per heavy atom. The van der Waals surface area contributed by atoms with Crippen LogP contribution >= 0.6 is 15.9 Å². The maximum atomic E-state index is 14.7. The molecule has 1 aliphatic carbocycles. The lowest BCUT2D eigenvalue weighted by molar-refractivity contribution is -0.141. The van der Waals surface area contributed by atoms with Crippen molar-refractivity contribution in [3.8, 4) is 11.5 Å². The van der Waals surface area contributed by atoms with E-state index in [4.69, 9.17) is 9.47 Å². The highest BCUT2D eigenvalue weighted by atomic mass is 79.9. The third kappa shape index (κ3) is 3.75. The molecule has 2 aromatic carbocycles. The number of carbonyl (C=O) groups is 1. The van der Waals surface area contributed by atoms with Crippen LogP contribution in [0.5, 0.6) is 11.5 Å². The molecule has 4 nitrogen and oxygen atoms in total. The number of hydrogen-bond donors (Lipinski definition) is 0. The van der Waals surface area contributed by atoms with Crippen molar-refractivity contribution >= 4 is 21.9 Å². The molecule has 160 valence electrons. The molecule has 0 N–H and O–H groups in total. The first-order valence-electron chi connectivity index (χ1n) is 9.27.